The van der Waals surface area contributed by atoms with Gasteiger partial charge in [-0.05, 0) is 49.2 Å². The Morgan fingerprint density at radius 1 is 0.929 bits per heavy atom. The summed E-state index contributed by atoms with van der Waals surface area (Å²) in [6.07, 6.45) is 1.87. The molecule has 3 amide bonds. The first-order chi connectivity index (χ1) is 13.6. The molecule has 0 bridgehead atoms. The Morgan fingerprint density at radius 3 is 2.18 bits per heavy atom. The van der Waals surface area contributed by atoms with E-state index in [2.05, 4.69) is 5.32 Å². The number of ether oxygens (including phenoxy) is 1. The molecule has 2 fully saturated rings. The molecule has 1 N–H and O–H groups in total. The van der Waals surface area contributed by atoms with Gasteiger partial charge in [0.2, 0.25) is 0 Å². The average molecular weight is 379 g/mol. The van der Waals surface area contributed by atoms with Gasteiger partial charge in [-0.2, -0.15) is 0 Å². The molecule has 2 aliphatic heterocycles. The van der Waals surface area contributed by atoms with Crippen molar-refractivity contribution in [2.75, 3.05) is 38.6 Å². The Balaban J connectivity index is 1.27. The van der Waals surface area contributed by atoms with E-state index in [-0.39, 0.29) is 17.4 Å². The van der Waals surface area contributed by atoms with Gasteiger partial charge in [-0.15, -0.1) is 0 Å². The van der Waals surface area contributed by atoms with E-state index in [9.17, 15) is 9.59 Å². The first kappa shape index (κ1) is 18.3. The first-order valence-electron chi connectivity index (χ1n) is 9.63. The fraction of sp³-hybridized carbons (Fsp3) is 0.364. The van der Waals surface area contributed by atoms with Crippen molar-refractivity contribution in [2.24, 2.45) is 5.41 Å². The normalized spacial score (nSPS) is 17.8. The molecule has 2 aromatic carbocycles. The van der Waals surface area contributed by atoms with E-state index in [0.717, 1.165) is 50.5 Å². The molecule has 2 aromatic rings. The number of piperidine rings is 1. The van der Waals surface area contributed by atoms with Crippen LogP contribution in [0.1, 0.15) is 23.2 Å². The summed E-state index contributed by atoms with van der Waals surface area (Å²) in [5.74, 6) is 0.813. The van der Waals surface area contributed by atoms with Gasteiger partial charge in [0.15, 0.2) is 0 Å². The van der Waals surface area contributed by atoms with Gasteiger partial charge in [0, 0.05) is 42.8 Å². The third kappa shape index (κ3) is 3.67. The molecule has 1 spiro atoms. The highest BCUT2D eigenvalue weighted by Crippen LogP contribution is 2.40. The zero-order valence-electron chi connectivity index (χ0n) is 16.1. The fourth-order valence-electron chi connectivity index (χ4n) is 4.05. The zero-order chi connectivity index (χ0) is 19.6. The van der Waals surface area contributed by atoms with Crippen LogP contribution in [0.4, 0.5) is 10.5 Å². The molecule has 0 atom stereocenters. The molecule has 28 heavy (non-hydrogen) atoms. The van der Waals surface area contributed by atoms with Gasteiger partial charge in [-0.25, -0.2) is 4.79 Å². The minimum atomic E-state index is -0.0476. The number of urea groups is 1. The van der Waals surface area contributed by atoms with Crippen molar-refractivity contribution in [3.05, 3.63) is 60.2 Å². The lowest BCUT2D eigenvalue weighted by Crippen LogP contribution is -2.63. The summed E-state index contributed by atoms with van der Waals surface area (Å²) >= 11 is 0. The summed E-state index contributed by atoms with van der Waals surface area (Å²) in [4.78, 5) is 28.8. The third-order valence-corrected chi connectivity index (χ3v) is 5.81. The van der Waals surface area contributed by atoms with E-state index >= 15 is 0 Å². The van der Waals surface area contributed by atoms with Crippen LogP contribution in [0.3, 0.4) is 0 Å². The highest BCUT2D eigenvalue weighted by molar-refractivity contribution is 5.94. The van der Waals surface area contributed by atoms with Crippen LogP contribution in [0.2, 0.25) is 0 Å². The van der Waals surface area contributed by atoms with E-state index in [0.29, 0.717) is 5.56 Å². The van der Waals surface area contributed by atoms with E-state index in [1.54, 1.807) is 7.11 Å². The van der Waals surface area contributed by atoms with Crippen molar-refractivity contribution in [3.63, 3.8) is 0 Å². The maximum atomic E-state index is 12.7. The van der Waals surface area contributed by atoms with Crippen molar-refractivity contribution >= 4 is 17.6 Å². The van der Waals surface area contributed by atoms with Crippen LogP contribution in [0, 0.1) is 5.41 Å². The van der Waals surface area contributed by atoms with Crippen molar-refractivity contribution < 1.29 is 14.3 Å². The number of amides is 3. The standard InChI is InChI=1S/C22H25N3O3/c1-28-19-9-7-17(8-10-19)20(26)24-13-11-22(12-14-24)15-25(16-22)21(27)23-18-5-3-2-4-6-18/h2-10H,11-16H2,1H3,(H,23,27). The number of hydrogen-bond donors (Lipinski definition) is 1. The summed E-state index contributed by atoms with van der Waals surface area (Å²) < 4.78 is 5.15. The molecule has 0 saturated carbocycles. The second kappa shape index (κ2) is 7.54. The van der Waals surface area contributed by atoms with Crippen molar-refractivity contribution in [3.8, 4) is 5.75 Å². The lowest BCUT2D eigenvalue weighted by molar-refractivity contribution is -0.0146. The predicted molar refractivity (Wildman–Crippen MR) is 108 cm³/mol. The molecule has 2 aliphatic rings. The summed E-state index contributed by atoms with van der Waals surface area (Å²) in [6, 6.07) is 16.7. The molecule has 0 radical (unpaired) electrons. The number of carbonyl (C=O) groups is 2. The van der Waals surface area contributed by atoms with Gasteiger partial charge in [0.25, 0.3) is 5.91 Å². The number of rotatable bonds is 3. The van der Waals surface area contributed by atoms with Gasteiger partial charge < -0.3 is 19.9 Å². The molecule has 0 aliphatic carbocycles. The topological polar surface area (TPSA) is 61.9 Å². The largest absolute Gasteiger partial charge is 0.497 e. The molecule has 6 heteroatoms. The Bertz CT molecular complexity index is 835. The third-order valence-electron chi connectivity index (χ3n) is 5.81. The molecule has 4 rings (SSSR count). The molecule has 6 nitrogen and oxygen atoms in total. The first-order valence-corrected chi connectivity index (χ1v) is 9.63. The van der Waals surface area contributed by atoms with E-state index in [1.807, 2.05) is 64.4 Å². The van der Waals surface area contributed by atoms with Crippen molar-refractivity contribution in [1.29, 1.82) is 0 Å². The van der Waals surface area contributed by atoms with Crippen LogP contribution in [-0.4, -0.2) is 55.0 Å². The monoisotopic (exact) mass is 379 g/mol. The van der Waals surface area contributed by atoms with E-state index < -0.39 is 0 Å². The minimum Gasteiger partial charge on any atom is -0.497 e. The van der Waals surface area contributed by atoms with E-state index in [4.69, 9.17) is 4.74 Å². The second-order valence-electron chi connectivity index (χ2n) is 7.67. The Labute approximate surface area is 165 Å². The quantitative estimate of drug-likeness (QED) is 0.888. The molecular formula is C22H25N3O3. The number of hydrogen-bond acceptors (Lipinski definition) is 3. The molecule has 0 aromatic heterocycles. The van der Waals surface area contributed by atoms with Crippen LogP contribution < -0.4 is 10.1 Å². The Morgan fingerprint density at radius 2 is 1.57 bits per heavy atom. The smallest absolute Gasteiger partial charge is 0.321 e. The molecule has 146 valence electrons. The van der Waals surface area contributed by atoms with Gasteiger partial charge in [-0.3, -0.25) is 4.79 Å². The van der Waals surface area contributed by atoms with Gasteiger partial charge in [0.1, 0.15) is 5.75 Å². The number of nitrogens with zero attached hydrogens (tertiary/aromatic N) is 2. The molecular weight excluding hydrogens is 354 g/mol. The minimum absolute atomic E-state index is 0.0476. The van der Waals surface area contributed by atoms with E-state index in [1.165, 1.54) is 0 Å². The Kier molecular flexibility index (Phi) is 4.94. The van der Waals surface area contributed by atoms with Gasteiger partial charge in [-0.1, -0.05) is 18.2 Å². The average Bonchev–Trinajstić information content (AvgIpc) is 2.72. The molecule has 0 unspecified atom stereocenters. The number of anilines is 1. The number of para-hydroxylation sites is 1. The maximum Gasteiger partial charge on any atom is 0.321 e. The lowest BCUT2D eigenvalue weighted by atomic mass is 9.72. The van der Waals surface area contributed by atoms with Crippen LogP contribution in [-0.2, 0) is 0 Å². The van der Waals surface area contributed by atoms with Crippen molar-refractivity contribution in [1.82, 2.24) is 9.80 Å². The molecule has 2 saturated heterocycles. The highest BCUT2D eigenvalue weighted by Gasteiger charge is 2.47. The van der Waals surface area contributed by atoms with Gasteiger partial charge >= 0.3 is 6.03 Å². The lowest BCUT2D eigenvalue weighted by Gasteiger charge is -2.53. The van der Waals surface area contributed by atoms with Crippen molar-refractivity contribution in [2.45, 2.75) is 12.8 Å². The maximum absolute atomic E-state index is 12.7. The van der Waals surface area contributed by atoms with Crippen LogP contribution in [0.5, 0.6) is 5.75 Å². The zero-order valence-corrected chi connectivity index (χ0v) is 16.1. The highest BCUT2D eigenvalue weighted by atomic mass is 16.5. The predicted octanol–water partition coefficient (Wildman–Crippen LogP) is 3.47. The number of likely N-dealkylation sites (tertiary alicyclic amines) is 2. The SMILES string of the molecule is COc1ccc(C(=O)N2CCC3(CC2)CN(C(=O)Nc2ccccc2)C3)cc1. The summed E-state index contributed by atoms with van der Waals surface area (Å²) in [5.41, 5.74) is 1.66. The number of benzene rings is 2. The summed E-state index contributed by atoms with van der Waals surface area (Å²) in [6.45, 7) is 2.99. The van der Waals surface area contributed by atoms with Crippen LogP contribution in [0.15, 0.2) is 54.6 Å². The van der Waals surface area contributed by atoms with Gasteiger partial charge in [0.05, 0.1) is 7.11 Å². The number of methoxy groups -OCH3 is 1. The summed E-state index contributed by atoms with van der Waals surface area (Å²) in [5, 5.41) is 2.94. The van der Waals surface area contributed by atoms with Crippen LogP contribution >= 0.6 is 0 Å². The molecule has 2 heterocycles. The summed E-state index contributed by atoms with van der Waals surface area (Å²) in [7, 11) is 1.61. The van der Waals surface area contributed by atoms with Crippen LogP contribution in [0.25, 0.3) is 0 Å². The number of nitrogens with one attached hydrogen (secondary N) is 1. The second-order valence-corrected chi connectivity index (χ2v) is 7.67. The Hall–Kier alpha value is -3.02. The fourth-order valence-corrected chi connectivity index (χ4v) is 4.05. The number of carbonyl (C=O) groups excluding carboxylic acids is 2.